The molecule has 0 radical (unpaired) electrons. The Balaban J connectivity index is 2.12. The third kappa shape index (κ3) is 4.92. The van der Waals surface area contributed by atoms with E-state index in [1.54, 1.807) is 43.5 Å². The quantitative estimate of drug-likeness (QED) is 0.629. The average Bonchev–Trinajstić information content (AvgIpc) is 2.57. The Hall–Kier alpha value is -2.69. The number of aryl methyl sites for hydroxylation is 1. The second-order valence-corrected chi connectivity index (χ2v) is 5.16. The van der Waals surface area contributed by atoms with Crippen LogP contribution in [0.3, 0.4) is 0 Å². The first-order valence-corrected chi connectivity index (χ1v) is 7.54. The SMILES string of the molecule is CCOC(=O)C(CC(=O)c1ccccc1)Nc1ccc(C)cn1. The van der Waals surface area contributed by atoms with E-state index in [1.165, 1.54) is 0 Å². The molecule has 2 aromatic rings. The number of carbonyl (C=O) groups is 2. The first-order chi connectivity index (χ1) is 11.1. The van der Waals surface area contributed by atoms with Crippen molar-refractivity contribution in [2.45, 2.75) is 26.3 Å². The van der Waals surface area contributed by atoms with E-state index in [0.717, 1.165) is 5.56 Å². The molecule has 0 aliphatic heterocycles. The molecule has 1 heterocycles. The molecular weight excluding hydrogens is 292 g/mol. The summed E-state index contributed by atoms with van der Waals surface area (Å²) in [5, 5.41) is 2.98. The number of carbonyl (C=O) groups excluding carboxylic acids is 2. The molecule has 120 valence electrons. The van der Waals surface area contributed by atoms with Crippen LogP contribution in [0.1, 0.15) is 29.3 Å². The first kappa shape index (κ1) is 16.7. The Morgan fingerprint density at radius 2 is 1.91 bits per heavy atom. The van der Waals surface area contributed by atoms with E-state index in [2.05, 4.69) is 10.3 Å². The molecule has 0 bridgehead atoms. The zero-order valence-electron chi connectivity index (χ0n) is 13.3. The van der Waals surface area contributed by atoms with Gasteiger partial charge in [0.2, 0.25) is 0 Å². The fourth-order valence-electron chi connectivity index (χ4n) is 2.10. The lowest BCUT2D eigenvalue weighted by atomic mass is 10.0. The van der Waals surface area contributed by atoms with Crippen LogP contribution in [0.4, 0.5) is 5.82 Å². The number of esters is 1. The van der Waals surface area contributed by atoms with E-state index < -0.39 is 12.0 Å². The second-order valence-electron chi connectivity index (χ2n) is 5.16. The summed E-state index contributed by atoms with van der Waals surface area (Å²) in [6, 6.07) is 11.8. The minimum Gasteiger partial charge on any atom is -0.464 e. The van der Waals surface area contributed by atoms with E-state index in [9.17, 15) is 9.59 Å². The highest BCUT2D eigenvalue weighted by molar-refractivity contribution is 5.99. The Morgan fingerprint density at radius 3 is 2.52 bits per heavy atom. The molecule has 0 spiro atoms. The van der Waals surface area contributed by atoms with Crippen LogP contribution in [-0.4, -0.2) is 29.4 Å². The van der Waals surface area contributed by atoms with Gasteiger partial charge < -0.3 is 10.1 Å². The zero-order chi connectivity index (χ0) is 16.7. The van der Waals surface area contributed by atoms with Crippen LogP contribution < -0.4 is 5.32 Å². The molecular formula is C18H20N2O3. The minimum atomic E-state index is -0.766. The molecule has 0 amide bonds. The molecule has 1 aromatic heterocycles. The molecule has 0 aliphatic rings. The molecule has 0 aliphatic carbocycles. The molecule has 5 nitrogen and oxygen atoms in total. The number of nitrogens with zero attached hydrogens (tertiary/aromatic N) is 1. The summed E-state index contributed by atoms with van der Waals surface area (Å²) < 4.78 is 5.06. The lowest BCUT2D eigenvalue weighted by Crippen LogP contribution is -2.34. The number of ether oxygens (including phenoxy) is 1. The van der Waals surface area contributed by atoms with Gasteiger partial charge in [-0.3, -0.25) is 4.79 Å². The van der Waals surface area contributed by atoms with Gasteiger partial charge in [0.25, 0.3) is 0 Å². The molecule has 0 fully saturated rings. The van der Waals surface area contributed by atoms with Crippen molar-refractivity contribution in [3.8, 4) is 0 Å². The van der Waals surface area contributed by atoms with Crippen LogP contribution in [0.25, 0.3) is 0 Å². The number of Topliss-reactive ketones (excluding diaryl/α,β-unsaturated/α-hetero) is 1. The Bertz CT molecular complexity index is 654. The van der Waals surface area contributed by atoms with Gasteiger partial charge in [0, 0.05) is 18.2 Å². The molecule has 1 N–H and O–H groups in total. The summed E-state index contributed by atoms with van der Waals surface area (Å²) >= 11 is 0. The van der Waals surface area contributed by atoms with Crippen LogP contribution in [0.5, 0.6) is 0 Å². The number of anilines is 1. The van der Waals surface area contributed by atoms with E-state index in [0.29, 0.717) is 11.4 Å². The lowest BCUT2D eigenvalue weighted by Gasteiger charge is -2.17. The van der Waals surface area contributed by atoms with Crippen molar-refractivity contribution in [2.24, 2.45) is 0 Å². The van der Waals surface area contributed by atoms with Crippen LogP contribution in [-0.2, 0) is 9.53 Å². The average molecular weight is 312 g/mol. The first-order valence-electron chi connectivity index (χ1n) is 7.54. The topological polar surface area (TPSA) is 68.3 Å². The van der Waals surface area contributed by atoms with Gasteiger partial charge in [-0.05, 0) is 25.5 Å². The molecule has 0 saturated heterocycles. The summed E-state index contributed by atoms with van der Waals surface area (Å²) in [6.45, 7) is 3.93. The van der Waals surface area contributed by atoms with E-state index in [1.807, 2.05) is 19.1 Å². The van der Waals surface area contributed by atoms with Gasteiger partial charge in [-0.1, -0.05) is 36.4 Å². The fourth-order valence-corrected chi connectivity index (χ4v) is 2.10. The highest BCUT2D eigenvalue weighted by Crippen LogP contribution is 2.12. The third-order valence-corrected chi connectivity index (χ3v) is 3.29. The van der Waals surface area contributed by atoms with Gasteiger partial charge in [0.15, 0.2) is 5.78 Å². The number of rotatable bonds is 7. The van der Waals surface area contributed by atoms with Gasteiger partial charge >= 0.3 is 5.97 Å². The minimum absolute atomic E-state index is 0.0123. The summed E-state index contributed by atoms with van der Waals surface area (Å²) in [6.07, 6.45) is 1.71. The number of hydrogen-bond acceptors (Lipinski definition) is 5. The Morgan fingerprint density at radius 1 is 1.17 bits per heavy atom. The highest BCUT2D eigenvalue weighted by Gasteiger charge is 2.24. The molecule has 1 atom stereocenters. The van der Waals surface area contributed by atoms with Gasteiger partial charge in [-0.2, -0.15) is 0 Å². The number of hydrogen-bond donors (Lipinski definition) is 1. The maximum Gasteiger partial charge on any atom is 0.329 e. The monoisotopic (exact) mass is 312 g/mol. The number of nitrogens with one attached hydrogen (secondary N) is 1. The predicted molar refractivity (Wildman–Crippen MR) is 88.4 cm³/mol. The lowest BCUT2D eigenvalue weighted by molar-refractivity contribution is -0.144. The molecule has 1 unspecified atom stereocenters. The molecule has 1 aromatic carbocycles. The molecule has 23 heavy (non-hydrogen) atoms. The van der Waals surface area contributed by atoms with Gasteiger partial charge in [0.05, 0.1) is 6.61 Å². The smallest absolute Gasteiger partial charge is 0.329 e. The van der Waals surface area contributed by atoms with Crippen molar-refractivity contribution in [1.29, 1.82) is 0 Å². The highest BCUT2D eigenvalue weighted by atomic mass is 16.5. The summed E-state index contributed by atoms with van der Waals surface area (Å²) in [7, 11) is 0. The van der Waals surface area contributed by atoms with Gasteiger partial charge in [-0.25, -0.2) is 9.78 Å². The van der Waals surface area contributed by atoms with Crippen molar-refractivity contribution in [2.75, 3.05) is 11.9 Å². The van der Waals surface area contributed by atoms with Gasteiger partial charge in [-0.15, -0.1) is 0 Å². The largest absolute Gasteiger partial charge is 0.464 e. The molecule has 5 heteroatoms. The number of pyridine rings is 1. The number of ketones is 1. The van der Waals surface area contributed by atoms with Crippen LogP contribution in [0.15, 0.2) is 48.7 Å². The second kappa shape index (κ2) is 8.08. The Kier molecular flexibility index (Phi) is 5.86. The third-order valence-electron chi connectivity index (χ3n) is 3.29. The van der Waals surface area contributed by atoms with Crippen molar-refractivity contribution in [3.63, 3.8) is 0 Å². The van der Waals surface area contributed by atoms with Crippen molar-refractivity contribution < 1.29 is 14.3 Å². The number of benzene rings is 1. The summed E-state index contributed by atoms with van der Waals surface area (Å²) in [5.74, 6) is -0.0445. The van der Waals surface area contributed by atoms with E-state index >= 15 is 0 Å². The van der Waals surface area contributed by atoms with Crippen LogP contribution in [0.2, 0.25) is 0 Å². The van der Waals surface area contributed by atoms with Crippen molar-refractivity contribution >= 4 is 17.6 Å². The maximum atomic E-state index is 12.3. The van der Waals surface area contributed by atoms with Crippen molar-refractivity contribution in [3.05, 3.63) is 59.8 Å². The fraction of sp³-hybridized carbons (Fsp3) is 0.278. The summed E-state index contributed by atoms with van der Waals surface area (Å²) in [4.78, 5) is 28.7. The van der Waals surface area contributed by atoms with E-state index in [-0.39, 0.29) is 18.8 Å². The van der Waals surface area contributed by atoms with E-state index in [4.69, 9.17) is 4.74 Å². The predicted octanol–water partition coefficient (Wildman–Crippen LogP) is 3.01. The summed E-state index contributed by atoms with van der Waals surface area (Å²) in [5.41, 5.74) is 1.59. The van der Waals surface area contributed by atoms with Crippen LogP contribution >= 0.6 is 0 Å². The Labute approximate surface area is 135 Å². The number of aromatic nitrogens is 1. The normalized spacial score (nSPS) is 11.6. The van der Waals surface area contributed by atoms with Gasteiger partial charge in [0.1, 0.15) is 11.9 Å². The zero-order valence-corrected chi connectivity index (χ0v) is 13.3. The van der Waals surface area contributed by atoms with Crippen LogP contribution in [0, 0.1) is 6.92 Å². The molecule has 2 rings (SSSR count). The van der Waals surface area contributed by atoms with Crippen molar-refractivity contribution in [1.82, 2.24) is 4.98 Å². The molecule has 0 saturated carbocycles. The standard InChI is InChI=1S/C18H20N2O3/c1-3-23-18(22)15(20-17-10-9-13(2)12-19-17)11-16(21)14-7-5-4-6-8-14/h4-10,12,15H,3,11H2,1-2H3,(H,19,20). The maximum absolute atomic E-state index is 12.3.